The van der Waals surface area contributed by atoms with E-state index in [4.69, 9.17) is 0 Å². The van der Waals surface area contributed by atoms with Gasteiger partial charge in [-0.15, -0.1) is 0 Å². The highest BCUT2D eigenvalue weighted by atomic mass is 16.1. The third-order valence-corrected chi connectivity index (χ3v) is 10.6. The monoisotopic (exact) mass is 661 g/mol. The second-order valence-corrected chi connectivity index (χ2v) is 15.2. The van der Waals surface area contributed by atoms with Crippen molar-refractivity contribution in [2.75, 3.05) is 19.6 Å². The average Bonchev–Trinajstić information content (AvgIpc) is 3.53. The molecule has 1 heterocycles. The summed E-state index contributed by atoms with van der Waals surface area (Å²) in [5.41, 5.74) is 0. The lowest BCUT2D eigenvalue weighted by molar-refractivity contribution is -0.558. The summed E-state index contributed by atoms with van der Waals surface area (Å²) in [6.07, 6.45) is 50.9. The minimum Gasteiger partial charge on any atom is -0.350 e. The Bertz CT molecular complexity index is 678. The molecule has 1 amide bonds. The van der Waals surface area contributed by atoms with E-state index in [0.717, 1.165) is 26.1 Å². The van der Waals surface area contributed by atoms with Crippen LogP contribution in [0.25, 0.3) is 0 Å². The van der Waals surface area contributed by atoms with Gasteiger partial charge in [0.1, 0.15) is 0 Å². The van der Waals surface area contributed by atoms with Gasteiger partial charge in [-0.1, -0.05) is 213 Å². The van der Waals surface area contributed by atoms with Crippen molar-refractivity contribution in [1.82, 2.24) is 10.6 Å². The minimum atomic E-state index is 0.242. The van der Waals surface area contributed by atoms with E-state index in [9.17, 15) is 4.79 Å². The molecular formula is C43H86N3O+. The van der Waals surface area contributed by atoms with Gasteiger partial charge in [0.05, 0.1) is 13.1 Å². The maximum Gasteiger partial charge on any atom is 0.220 e. The predicted octanol–water partition coefficient (Wildman–Crippen LogP) is 12.8. The van der Waals surface area contributed by atoms with E-state index in [0.29, 0.717) is 12.6 Å². The molecule has 0 saturated carbocycles. The second-order valence-electron chi connectivity index (χ2n) is 15.2. The predicted molar refractivity (Wildman–Crippen MR) is 209 cm³/mol. The van der Waals surface area contributed by atoms with Crippen LogP contribution in [0.1, 0.15) is 239 Å². The van der Waals surface area contributed by atoms with Crippen LogP contribution in [0.15, 0.2) is 0 Å². The third kappa shape index (κ3) is 30.9. The molecule has 278 valence electrons. The molecule has 2 N–H and O–H groups in total. The van der Waals surface area contributed by atoms with E-state index in [1.54, 1.807) is 0 Å². The van der Waals surface area contributed by atoms with E-state index >= 15 is 0 Å². The molecule has 1 aliphatic heterocycles. The molecule has 0 fully saturated rings. The fraction of sp³-hybridized carbons (Fsp3) is 0.953. The van der Waals surface area contributed by atoms with Crippen molar-refractivity contribution in [3.05, 3.63) is 0 Å². The number of carbonyl (C=O) groups is 1. The van der Waals surface area contributed by atoms with Crippen LogP contribution >= 0.6 is 0 Å². The number of hydrogen-bond donors (Lipinski definition) is 2. The lowest BCUT2D eigenvalue weighted by Gasteiger charge is -2.12. The molecule has 4 heteroatoms. The Kier molecular flexibility index (Phi) is 34.2. The third-order valence-electron chi connectivity index (χ3n) is 10.6. The molecule has 1 rings (SSSR count). The Morgan fingerprint density at radius 2 is 0.872 bits per heavy atom. The first-order chi connectivity index (χ1) is 23.3. The molecule has 0 radical (unpaired) electrons. The number of rotatable bonds is 38. The number of unbranched alkanes of at least 4 members (excludes halogenated alkanes) is 31. The topological polar surface area (TPSA) is 44.1 Å². The zero-order valence-corrected chi connectivity index (χ0v) is 32.4. The van der Waals surface area contributed by atoms with Gasteiger partial charge in [0, 0.05) is 12.8 Å². The molecule has 0 saturated heterocycles. The number of amides is 1. The maximum absolute atomic E-state index is 12.3. The smallest absolute Gasteiger partial charge is 0.220 e. The highest BCUT2D eigenvalue weighted by Crippen LogP contribution is 2.16. The molecule has 0 aromatic carbocycles. The average molecular weight is 661 g/mol. The number of nitrogens with one attached hydrogen (secondary N) is 2. The fourth-order valence-corrected chi connectivity index (χ4v) is 7.37. The van der Waals surface area contributed by atoms with Crippen LogP contribution in [-0.4, -0.2) is 42.5 Å². The van der Waals surface area contributed by atoms with Gasteiger partial charge in [0.15, 0.2) is 12.8 Å². The van der Waals surface area contributed by atoms with Crippen molar-refractivity contribution < 1.29 is 9.37 Å². The Morgan fingerprint density at radius 3 is 1.26 bits per heavy atom. The van der Waals surface area contributed by atoms with E-state index in [2.05, 4.69) is 35.3 Å². The quantitative estimate of drug-likeness (QED) is 0.0511. The lowest BCUT2D eigenvalue weighted by Crippen LogP contribution is -2.37. The molecule has 0 aromatic rings. The van der Waals surface area contributed by atoms with Crippen LogP contribution in [0.4, 0.5) is 0 Å². The van der Waals surface area contributed by atoms with Crippen molar-refractivity contribution >= 4 is 12.1 Å². The van der Waals surface area contributed by atoms with E-state index in [1.807, 2.05) is 0 Å². The first kappa shape index (κ1) is 44.1. The molecule has 1 unspecified atom stereocenters. The summed E-state index contributed by atoms with van der Waals surface area (Å²) in [6, 6.07) is 0. The molecule has 4 nitrogen and oxygen atoms in total. The molecule has 0 spiro atoms. The number of hydrogen-bond acceptors (Lipinski definition) is 2. The Morgan fingerprint density at radius 1 is 0.532 bits per heavy atom. The van der Waals surface area contributed by atoms with Gasteiger partial charge in [0.2, 0.25) is 12.1 Å². The summed E-state index contributed by atoms with van der Waals surface area (Å²) in [6.45, 7) is 7.26. The van der Waals surface area contributed by atoms with Gasteiger partial charge in [-0.05, 0) is 12.8 Å². The van der Waals surface area contributed by atoms with Gasteiger partial charge in [-0.25, -0.2) is 9.89 Å². The first-order valence-corrected chi connectivity index (χ1v) is 21.9. The summed E-state index contributed by atoms with van der Waals surface area (Å²) < 4.78 is 2.43. The van der Waals surface area contributed by atoms with Crippen LogP contribution in [0.2, 0.25) is 0 Å². The standard InChI is InChI=1S/C43H85N3O/c1-3-5-7-9-11-13-15-17-19-20-21-23-24-26-28-30-32-34-36-42-44-38-40-46(42)41-39-45-43(47)37-35-33-31-29-27-25-22-18-16-14-12-10-8-6-4-2/h40,42,44H,3-39,41H2,1-2H3/p+1. The number of nitrogens with zero attached hydrogens (tertiary/aromatic N) is 1. The summed E-state index contributed by atoms with van der Waals surface area (Å²) in [5, 5.41) is 6.82. The summed E-state index contributed by atoms with van der Waals surface area (Å²) >= 11 is 0. The zero-order chi connectivity index (χ0) is 33.7. The number of carbonyl (C=O) groups excluding carboxylic acids is 1. The van der Waals surface area contributed by atoms with Crippen LogP contribution in [0.5, 0.6) is 0 Å². The highest BCUT2D eigenvalue weighted by Gasteiger charge is 2.24. The Balaban J connectivity index is 1.82. The van der Waals surface area contributed by atoms with Crippen LogP contribution in [-0.2, 0) is 4.79 Å². The van der Waals surface area contributed by atoms with Crippen molar-refractivity contribution in [2.24, 2.45) is 0 Å². The highest BCUT2D eigenvalue weighted by molar-refractivity contribution is 5.75. The van der Waals surface area contributed by atoms with Gasteiger partial charge in [0.25, 0.3) is 0 Å². The lowest BCUT2D eigenvalue weighted by atomic mass is 10.0. The van der Waals surface area contributed by atoms with Crippen molar-refractivity contribution in [2.45, 2.75) is 245 Å². The Hall–Kier alpha value is -0.900. The summed E-state index contributed by atoms with van der Waals surface area (Å²) in [4.78, 5) is 12.3. The summed E-state index contributed by atoms with van der Waals surface area (Å²) in [7, 11) is 0. The van der Waals surface area contributed by atoms with Gasteiger partial charge < -0.3 is 5.32 Å². The van der Waals surface area contributed by atoms with Gasteiger partial charge >= 0.3 is 0 Å². The van der Waals surface area contributed by atoms with Gasteiger partial charge in [-0.2, -0.15) is 0 Å². The molecule has 0 aliphatic carbocycles. The van der Waals surface area contributed by atoms with Crippen LogP contribution in [0.3, 0.4) is 0 Å². The largest absolute Gasteiger partial charge is 0.350 e. The molecule has 0 bridgehead atoms. The van der Waals surface area contributed by atoms with Gasteiger partial charge in [-0.3, -0.25) is 4.79 Å². The zero-order valence-electron chi connectivity index (χ0n) is 32.4. The van der Waals surface area contributed by atoms with E-state index in [-0.39, 0.29) is 5.91 Å². The second kappa shape index (κ2) is 36.4. The summed E-state index contributed by atoms with van der Waals surface area (Å²) in [5.74, 6) is 0.242. The molecular weight excluding hydrogens is 574 g/mol. The Labute approximate surface area is 295 Å². The molecule has 47 heavy (non-hydrogen) atoms. The fourth-order valence-electron chi connectivity index (χ4n) is 7.37. The van der Waals surface area contributed by atoms with Crippen LogP contribution < -0.4 is 10.6 Å². The molecule has 1 atom stereocenters. The first-order valence-electron chi connectivity index (χ1n) is 21.9. The maximum atomic E-state index is 12.3. The van der Waals surface area contributed by atoms with E-state index in [1.165, 1.54) is 212 Å². The molecule has 1 aliphatic rings. The SMILES string of the molecule is CCCCCCCCCCCCCCCCCCCCC1NCC=[N+]1CCNC(=O)CCCCCCCCCCCCCCCCC. The van der Waals surface area contributed by atoms with Crippen molar-refractivity contribution in [1.29, 1.82) is 0 Å². The molecule has 0 aromatic heterocycles. The van der Waals surface area contributed by atoms with E-state index < -0.39 is 0 Å². The normalized spacial score (nSPS) is 14.6. The minimum absolute atomic E-state index is 0.242. The van der Waals surface area contributed by atoms with Crippen molar-refractivity contribution in [3.8, 4) is 0 Å². The van der Waals surface area contributed by atoms with Crippen molar-refractivity contribution in [3.63, 3.8) is 0 Å². The van der Waals surface area contributed by atoms with Crippen LogP contribution in [0, 0.1) is 0 Å².